The van der Waals surface area contributed by atoms with Gasteiger partial charge in [0.1, 0.15) is 17.1 Å². The molecule has 2 aromatic rings. The Labute approximate surface area is 139 Å². The average Bonchev–Trinajstić information content (AvgIpc) is 2.91. The smallest absolute Gasteiger partial charge is 0.163 e. The second-order valence-electron chi connectivity index (χ2n) is 6.11. The summed E-state index contributed by atoms with van der Waals surface area (Å²) in [6.07, 6.45) is 5.14. The fraction of sp³-hybridized carbons (Fsp3) is 0.500. The van der Waals surface area contributed by atoms with Crippen LogP contribution in [0.3, 0.4) is 0 Å². The van der Waals surface area contributed by atoms with Gasteiger partial charge in [0.2, 0.25) is 0 Å². The molecule has 0 radical (unpaired) electrons. The van der Waals surface area contributed by atoms with Crippen molar-refractivity contribution >= 4 is 22.6 Å². The van der Waals surface area contributed by atoms with Crippen molar-refractivity contribution in [2.75, 3.05) is 13.2 Å². The van der Waals surface area contributed by atoms with Crippen molar-refractivity contribution in [3.8, 4) is 0 Å². The predicted octanol–water partition coefficient (Wildman–Crippen LogP) is 2.72. The molecule has 0 saturated heterocycles. The number of fused-ring (bicyclic) bond motifs is 1. The molecule has 1 N–H and O–H groups in total. The summed E-state index contributed by atoms with van der Waals surface area (Å²) in [5.74, 6) is -0.734. The number of rotatable bonds is 2. The molecule has 0 aromatic carbocycles. The highest BCUT2D eigenvalue weighted by molar-refractivity contribution is 6.33. The quantitative estimate of drug-likeness (QED) is 0.674. The number of ether oxygens (including phenoxy) is 2. The average molecular weight is 338 g/mol. The summed E-state index contributed by atoms with van der Waals surface area (Å²) < 4.78 is 13.7. The van der Waals surface area contributed by atoms with Crippen molar-refractivity contribution in [2.24, 2.45) is 0 Å². The first-order valence-corrected chi connectivity index (χ1v) is 7.88. The number of aliphatic hydroxyl groups is 1. The molecular formula is C16H20ClN3O3. The van der Waals surface area contributed by atoms with E-state index in [1.54, 1.807) is 0 Å². The monoisotopic (exact) mass is 337 g/mol. The number of halogens is 1. The standard InChI is InChI=1S/C16H20ClN3O3/c1-10-13(6-11(7-21)8-22-16(2,3)23-10)20-5-4-12-14(17)18-9-19-15(12)20/h4-6,9-10,13,21H,7-8H2,1-3H3/b11-6-/t10-,13-/m1/s1. The number of hydrogen-bond acceptors (Lipinski definition) is 5. The first kappa shape index (κ1) is 16.4. The number of aliphatic hydroxyl groups excluding tert-OH is 1. The van der Waals surface area contributed by atoms with Gasteiger partial charge in [0.15, 0.2) is 5.79 Å². The Bertz CT molecular complexity index is 741. The van der Waals surface area contributed by atoms with Gasteiger partial charge in [-0.25, -0.2) is 9.97 Å². The molecule has 0 aliphatic carbocycles. The van der Waals surface area contributed by atoms with E-state index in [2.05, 4.69) is 9.97 Å². The molecule has 0 fully saturated rings. The molecule has 124 valence electrons. The maximum absolute atomic E-state index is 9.59. The van der Waals surface area contributed by atoms with E-state index in [1.165, 1.54) is 6.33 Å². The molecule has 2 aromatic heterocycles. The third kappa shape index (κ3) is 3.26. The normalized spacial score (nSPS) is 27.3. The van der Waals surface area contributed by atoms with Crippen LogP contribution in [0.25, 0.3) is 11.0 Å². The fourth-order valence-electron chi connectivity index (χ4n) is 2.83. The second kappa shape index (κ2) is 6.20. The van der Waals surface area contributed by atoms with Crippen molar-refractivity contribution in [3.05, 3.63) is 35.4 Å². The Balaban J connectivity index is 2.09. The second-order valence-corrected chi connectivity index (χ2v) is 6.47. The number of aromatic nitrogens is 3. The van der Waals surface area contributed by atoms with Gasteiger partial charge in [-0.05, 0) is 32.4 Å². The van der Waals surface area contributed by atoms with Crippen molar-refractivity contribution in [2.45, 2.75) is 38.7 Å². The Morgan fingerprint density at radius 2 is 2.22 bits per heavy atom. The lowest BCUT2D eigenvalue weighted by atomic mass is 10.1. The van der Waals surface area contributed by atoms with E-state index >= 15 is 0 Å². The number of nitrogens with zero attached hydrogens (tertiary/aromatic N) is 3. The van der Waals surface area contributed by atoms with Crippen LogP contribution in [0.5, 0.6) is 0 Å². The molecule has 23 heavy (non-hydrogen) atoms. The van der Waals surface area contributed by atoms with Crippen LogP contribution in [-0.2, 0) is 9.47 Å². The molecule has 2 atom stereocenters. The van der Waals surface area contributed by atoms with Crippen LogP contribution in [-0.4, -0.2) is 44.7 Å². The van der Waals surface area contributed by atoms with E-state index in [-0.39, 0.29) is 18.8 Å². The van der Waals surface area contributed by atoms with E-state index in [9.17, 15) is 5.11 Å². The largest absolute Gasteiger partial charge is 0.392 e. The highest BCUT2D eigenvalue weighted by Gasteiger charge is 2.30. The van der Waals surface area contributed by atoms with Gasteiger partial charge >= 0.3 is 0 Å². The Hall–Kier alpha value is -1.47. The van der Waals surface area contributed by atoms with E-state index < -0.39 is 5.79 Å². The van der Waals surface area contributed by atoms with Gasteiger partial charge in [-0.1, -0.05) is 17.7 Å². The van der Waals surface area contributed by atoms with Crippen LogP contribution >= 0.6 is 11.6 Å². The molecule has 0 unspecified atom stereocenters. The summed E-state index contributed by atoms with van der Waals surface area (Å²) in [5.41, 5.74) is 1.54. The molecule has 7 heteroatoms. The third-order valence-corrected chi connectivity index (χ3v) is 4.25. The van der Waals surface area contributed by atoms with Gasteiger partial charge in [-0.2, -0.15) is 0 Å². The Morgan fingerprint density at radius 3 is 2.96 bits per heavy atom. The highest BCUT2D eigenvalue weighted by Crippen LogP contribution is 2.31. The fourth-order valence-corrected chi connectivity index (χ4v) is 3.02. The van der Waals surface area contributed by atoms with Crippen molar-refractivity contribution in [1.82, 2.24) is 14.5 Å². The molecule has 1 aliphatic rings. The summed E-state index contributed by atoms with van der Waals surface area (Å²) in [6.45, 7) is 5.97. The van der Waals surface area contributed by atoms with E-state index in [0.29, 0.717) is 11.8 Å². The van der Waals surface area contributed by atoms with Crippen LogP contribution in [0, 0.1) is 0 Å². The van der Waals surface area contributed by atoms with Gasteiger partial charge in [-0.15, -0.1) is 0 Å². The van der Waals surface area contributed by atoms with Gasteiger partial charge in [0.05, 0.1) is 30.7 Å². The first-order valence-electron chi connectivity index (χ1n) is 7.50. The Morgan fingerprint density at radius 1 is 1.43 bits per heavy atom. The molecule has 3 heterocycles. The van der Waals surface area contributed by atoms with Gasteiger partial charge in [0, 0.05) is 6.20 Å². The maximum atomic E-state index is 9.59. The van der Waals surface area contributed by atoms with Gasteiger partial charge in [-0.3, -0.25) is 0 Å². The summed E-state index contributed by atoms with van der Waals surface area (Å²) in [7, 11) is 0. The Kier molecular flexibility index (Phi) is 4.42. The van der Waals surface area contributed by atoms with Crippen molar-refractivity contribution in [3.63, 3.8) is 0 Å². The molecule has 6 nitrogen and oxygen atoms in total. The molecular weight excluding hydrogens is 318 g/mol. The summed E-state index contributed by atoms with van der Waals surface area (Å²) >= 11 is 6.13. The lowest BCUT2D eigenvalue weighted by Crippen LogP contribution is -2.38. The van der Waals surface area contributed by atoms with Crippen LogP contribution in [0.4, 0.5) is 0 Å². The SMILES string of the molecule is C[C@H]1OC(C)(C)OC/C(CO)=C\[C@H]1n1ccc2c(Cl)ncnc21. The van der Waals surface area contributed by atoms with Crippen LogP contribution < -0.4 is 0 Å². The van der Waals surface area contributed by atoms with Crippen LogP contribution in [0.2, 0.25) is 5.15 Å². The minimum Gasteiger partial charge on any atom is -0.392 e. The highest BCUT2D eigenvalue weighted by atomic mass is 35.5. The lowest BCUT2D eigenvalue weighted by molar-refractivity contribution is -0.237. The zero-order valence-corrected chi connectivity index (χ0v) is 14.1. The summed E-state index contributed by atoms with van der Waals surface area (Å²) in [6, 6.07) is 1.75. The zero-order valence-electron chi connectivity index (χ0n) is 13.4. The molecule has 0 saturated carbocycles. The van der Waals surface area contributed by atoms with Gasteiger partial charge < -0.3 is 19.1 Å². The zero-order chi connectivity index (χ0) is 16.6. The number of hydrogen-bond donors (Lipinski definition) is 1. The molecule has 0 bridgehead atoms. The van der Waals surface area contributed by atoms with E-state index in [4.69, 9.17) is 21.1 Å². The van der Waals surface area contributed by atoms with E-state index in [1.807, 2.05) is 43.7 Å². The van der Waals surface area contributed by atoms with E-state index in [0.717, 1.165) is 16.6 Å². The minimum absolute atomic E-state index is 0.0613. The lowest BCUT2D eigenvalue weighted by Gasteiger charge is -2.35. The molecule has 0 spiro atoms. The van der Waals surface area contributed by atoms with Crippen LogP contribution in [0.1, 0.15) is 26.8 Å². The molecule has 3 rings (SSSR count). The molecule has 0 amide bonds. The van der Waals surface area contributed by atoms with Crippen molar-refractivity contribution < 1.29 is 14.6 Å². The van der Waals surface area contributed by atoms with Gasteiger partial charge in [0.25, 0.3) is 0 Å². The maximum Gasteiger partial charge on any atom is 0.163 e. The predicted molar refractivity (Wildman–Crippen MR) is 87.3 cm³/mol. The minimum atomic E-state index is -0.734. The van der Waals surface area contributed by atoms with Crippen LogP contribution in [0.15, 0.2) is 30.2 Å². The molecule has 1 aliphatic heterocycles. The summed E-state index contributed by atoms with van der Waals surface area (Å²) in [5, 5.41) is 10.8. The first-order chi connectivity index (χ1) is 10.9. The third-order valence-electron chi connectivity index (χ3n) is 3.95. The van der Waals surface area contributed by atoms with Crippen molar-refractivity contribution in [1.29, 1.82) is 0 Å². The topological polar surface area (TPSA) is 69.4 Å². The summed E-state index contributed by atoms with van der Waals surface area (Å²) in [4.78, 5) is 8.35.